The largest absolute Gasteiger partial charge is 0.404 e. The van der Waals surface area contributed by atoms with Crippen molar-refractivity contribution in [3.05, 3.63) is 20.3 Å². The molecule has 1 aliphatic rings. The van der Waals surface area contributed by atoms with Gasteiger partial charge in [-0.15, -0.1) is 0 Å². The molecule has 122 valence electrons. The summed E-state index contributed by atoms with van der Waals surface area (Å²) >= 11 is 3.12. The quantitative estimate of drug-likeness (QED) is 0.566. The number of nitro groups is 1. The van der Waals surface area contributed by atoms with Crippen molar-refractivity contribution in [2.24, 2.45) is 0 Å². The molecule has 2 heterocycles. The van der Waals surface area contributed by atoms with Gasteiger partial charge < -0.3 is 20.2 Å². The number of hydrogen-bond donors (Lipinski definition) is 1. The van der Waals surface area contributed by atoms with Crippen LogP contribution in [0.15, 0.2) is 4.47 Å². The van der Waals surface area contributed by atoms with E-state index in [1.807, 2.05) is 0 Å². The van der Waals surface area contributed by atoms with Crippen LogP contribution in [0.1, 0.15) is 5.69 Å². The van der Waals surface area contributed by atoms with Crippen molar-refractivity contribution < 1.29 is 14.5 Å². The predicted octanol–water partition coefficient (Wildman–Crippen LogP) is 0.311. The summed E-state index contributed by atoms with van der Waals surface area (Å²) in [5.41, 5.74) is 0.551. The number of amides is 1. The number of nitrogens with zero attached hydrogens (tertiary/aromatic N) is 4. The number of halogens is 1. The van der Waals surface area contributed by atoms with Gasteiger partial charge in [-0.1, -0.05) is 0 Å². The molecule has 1 aliphatic heterocycles. The van der Waals surface area contributed by atoms with Crippen molar-refractivity contribution in [2.75, 3.05) is 39.4 Å². The summed E-state index contributed by atoms with van der Waals surface area (Å²) in [7, 11) is 0. The molecule has 0 radical (unpaired) electrons. The first-order valence-corrected chi connectivity index (χ1v) is 7.72. The van der Waals surface area contributed by atoms with Crippen LogP contribution < -0.4 is 5.32 Å². The van der Waals surface area contributed by atoms with Crippen LogP contribution in [0.2, 0.25) is 0 Å². The lowest BCUT2D eigenvalue weighted by Gasteiger charge is -2.26. The zero-order chi connectivity index (χ0) is 16.1. The SMILES string of the molecule is Cc1c(Br)c([N+](=O)[O-])nn1CC(=O)NCCN1CCOCC1. The van der Waals surface area contributed by atoms with Gasteiger partial charge in [-0.2, -0.15) is 4.68 Å². The van der Waals surface area contributed by atoms with Crippen LogP contribution >= 0.6 is 15.9 Å². The van der Waals surface area contributed by atoms with Gasteiger partial charge in [0.2, 0.25) is 5.91 Å². The fourth-order valence-electron chi connectivity index (χ4n) is 2.15. The molecule has 2 rings (SSSR count). The van der Waals surface area contributed by atoms with E-state index in [2.05, 4.69) is 31.2 Å². The zero-order valence-electron chi connectivity index (χ0n) is 12.2. The Balaban J connectivity index is 1.81. The average molecular weight is 376 g/mol. The van der Waals surface area contributed by atoms with Crippen LogP contribution in [-0.4, -0.2) is 64.9 Å². The Bertz CT molecular complexity index is 556. The Kier molecular flexibility index (Phi) is 5.86. The molecule has 1 aromatic rings. The molecule has 1 N–H and O–H groups in total. The van der Waals surface area contributed by atoms with E-state index in [0.29, 0.717) is 16.7 Å². The van der Waals surface area contributed by atoms with E-state index >= 15 is 0 Å². The van der Waals surface area contributed by atoms with E-state index in [0.717, 1.165) is 32.8 Å². The third-order valence-electron chi connectivity index (χ3n) is 3.44. The molecule has 0 unspecified atom stereocenters. The van der Waals surface area contributed by atoms with E-state index in [4.69, 9.17) is 4.74 Å². The molecule has 1 amide bonds. The summed E-state index contributed by atoms with van der Waals surface area (Å²) in [6.07, 6.45) is 0. The molecular formula is C12H18BrN5O4. The Morgan fingerprint density at radius 2 is 2.18 bits per heavy atom. The highest BCUT2D eigenvalue weighted by Crippen LogP contribution is 2.26. The average Bonchev–Trinajstić information content (AvgIpc) is 2.77. The molecule has 0 saturated carbocycles. The Morgan fingerprint density at radius 1 is 1.50 bits per heavy atom. The lowest BCUT2D eigenvalue weighted by Crippen LogP contribution is -2.41. The number of morpholine rings is 1. The molecule has 0 spiro atoms. The minimum absolute atomic E-state index is 0.0403. The second kappa shape index (κ2) is 7.65. The molecule has 22 heavy (non-hydrogen) atoms. The second-order valence-corrected chi connectivity index (χ2v) is 5.73. The van der Waals surface area contributed by atoms with Gasteiger partial charge in [-0.3, -0.25) is 9.69 Å². The predicted molar refractivity (Wildman–Crippen MR) is 81.6 cm³/mol. The van der Waals surface area contributed by atoms with Crippen molar-refractivity contribution in [2.45, 2.75) is 13.5 Å². The number of carbonyl (C=O) groups excluding carboxylic acids is 1. The Morgan fingerprint density at radius 3 is 2.77 bits per heavy atom. The molecule has 1 saturated heterocycles. The minimum atomic E-state index is -0.579. The van der Waals surface area contributed by atoms with Gasteiger partial charge in [0.15, 0.2) is 0 Å². The van der Waals surface area contributed by atoms with Gasteiger partial charge in [-0.05, 0) is 27.8 Å². The van der Waals surface area contributed by atoms with E-state index < -0.39 is 4.92 Å². The first kappa shape index (κ1) is 16.8. The van der Waals surface area contributed by atoms with Crippen LogP contribution in [-0.2, 0) is 16.1 Å². The molecule has 0 bridgehead atoms. The number of aromatic nitrogens is 2. The molecule has 10 heteroatoms. The van der Waals surface area contributed by atoms with E-state index in [9.17, 15) is 14.9 Å². The van der Waals surface area contributed by atoms with Crippen molar-refractivity contribution >= 4 is 27.7 Å². The fraction of sp³-hybridized carbons (Fsp3) is 0.667. The summed E-state index contributed by atoms with van der Waals surface area (Å²) in [5.74, 6) is -0.500. The maximum Gasteiger partial charge on any atom is 0.404 e. The highest BCUT2D eigenvalue weighted by atomic mass is 79.9. The Labute approximate surface area is 135 Å². The highest BCUT2D eigenvalue weighted by molar-refractivity contribution is 9.10. The lowest BCUT2D eigenvalue weighted by atomic mass is 10.4. The monoisotopic (exact) mass is 375 g/mol. The van der Waals surface area contributed by atoms with Crippen LogP contribution in [0.5, 0.6) is 0 Å². The number of nitrogens with one attached hydrogen (secondary N) is 1. The fourth-order valence-corrected chi connectivity index (χ4v) is 2.58. The van der Waals surface area contributed by atoms with Crippen molar-refractivity contribution in [3.8, 4) is 0 Å². The zero-order valence-corrected chi connectivity index (χ0v) is 13.8. The summed E-state index contributed by atoms with van der Waals surface area (Å²) in [5, 5.41) is 17.4. The van der Waals surface area contributed by atoms with Crippen LogP contribution in [0.25, 0.3) is 0 Å². The summed E-state index contributed by atoms with van der Waals surface area (Å²) in [6, 6.07) is 0. The van der Waals surface area contributed by atoms with E-state index in [1.54, 1.807) is 6.92 Å². The topological polar surface area (TPSA) is 103 Å². The number of hydrogen-bond acceptors (Lipinski definition) is 6. The smallest absolute Gasteiger partial charge is 0.379 e. The Hall–Kier alpha value is -1.52. The molecule has 1 fully saturated rings. The van der Waals surface area contributed by atoms with Gasteiger partial charge in [0, 0.05) is 26.2 Å². The van der Waals surface area contributed by atoms with Gasteiger partial charge in [0.1, 0.15) is 11.0 Å². The normalized spacial score (nSPS) is 15.7. The van der Waals surface area contributed by atoms with Gasteiger partial charge in [0.25, 0.3) is 0 Å². The summed E-state index contributed by atoms with van der Waals surface area (Å²) in [6.45, 7) is 6.10. The third-order valence-corrected chi connectivity index (χ3v) is 4.37. The standard InChI is InChI=1S/C12H18BrN5O4/c1-9-11(13)12(18(20)21)15-17(9)8-10(19)14-2-3-16-4-6-22-7-5-16/h2-8H2,1H3,(H,14,19). The van der Waals surface area contributed by atoms with Crippen LogP contribution in [0.3, 0.4) is 0 Å². The number of rotatable bonds is 6. The van der Waals surface area contributed by atoms with E-state index in [1.165, 1.54) is 4.68 Å². The molecule has 0 aliphatic carbocycles. The minimum Gasteiger partial charge on any atom is -0.379 e. The first-order valence-electron chi connectivity index (χ1n) is 6.93. The van der Waals surface area contributed by atoms with E-state index in [-0.39, 0.29) is 18.3 Å². The second-order valence-electron chi connectivity index (χ2n) is 4.94. The molecular weight excluding hydrogens is 358 g/mol. The third kappa shape index (κ3) is 4.24. The van der Waals surface area contributed by atoms with Gasteiger partial charge in [-0.25, -0.2) is 0 Å². The highest BCUT2D eigenvalue weighted by Gasteiger charge is 2.24. The van der Waals surface area contributed by atoms with Gasteiger partial charge >= 0.3 is 5.82 Å². The molecule has 0 aromatic carbocycles. The summed E-state index contributed by atoms with van der Waals surface area (Å²) in [4.78, 5) is 24.3. The van der Waals surface area contributed by atoms with Crippen molar-refractivity contribution in [1.82, 2.24) is 20.0 Å². The van der Waals surface area contributed by atoms with Gasteiger partial charge in [0.05, 0.1) is 24.0 Å². The van der Waals surface area contributed by atoms with Crippen LogP contribution in [0, 0.1) is 17.0 Å². The number of carbonyl (C=O) groups is 1. The summed E-state index contributed by atoms with van der Waals surface area (Å²) < 4.78 is 6.88. The molecule has 1 aromatic heterocycles. The lowest BCUT2D eigenvalue weighted by molar-refractivity contribution is -0.390. The first-order chi connectivity index (χ1) is 10.5. The van der Waals surface area contributed by atoms with Crippen LogP contribution in [0.4, 0.5) is 5.82 Å². The molecule has 0 atom stereocenters. The molecule has 9 nitrogen and oxygen atoms in total. The number of ether oxygens (including phenoxy) is 1. The van der Waals surface area contributed by atoms with Crippen molar-refractivity contribution in [1.29, 1.82) is 0 Å². The maximum atomic E-state index is 11.9. The van der Waals surface area contributed by atoms with Crippen molar-refractivity contribution in [3.63, 3.8) is 0 Å². The maximum absolute atomic E-state index is 11.9.